The molecule has 0 spiro atoms. The number of anilines is 2. The lowest BCUT2D eigenvalue weighted by atomic mass is 9.97. The molecule has 0 bridgehead atoms. The summed E-state index contributed by atoms with van der Waals surface area (Å²) in [6, 6.07) is 6.26. The third-order valence-corrected chi connectivity index (χ3v) is 5.26. The Hall–Kier alpha value is -2.21. The third-order valence-electron chi connectivity index (χ3n) is 4.97. The third kappa shape index (κ3) is 3.80. The lowest BCUT2D eigenvalue weighted by molar-refractivity contribution is -0.120. The van der Waals surface area contributed by atoms with E-state index >= 15 is 0 Å². The molecular weight excluding hydrogens is 355 g/mol. The molecule has 1 aliphatic carbocycles. The molecule has 1 amide bonds. The summed E-state index contributed by atoms with van der Waals surface area (Å²) in [5.74, 6) is 0.748. The number of carbonyl (C=O) groups is 1. The minimum absolute atomic E-state index is 0.00154. The Bertz CT molecular complexity index is 827. The summed E-state index contributed by atoms with van der Waals surface area (Å²) < 4.78 is 13.3. The maximum absolute atomic E-state index is 13.3. The molecule has 7 heteroatoms. The molecule has 5 nitrogen and oxygen atoms in total. The number of piperidine rings is 1. The van der Waals surface area contributed by atoms with Crippen molar-refractivity contribution in [2.45, 2.75) is 31.6 Å². The van der Waals surface area contributed by atoms with Gasteiger partial charge < -0.3 is 10.2 Å². The zero-order chi connectivity index (χ0) is 18.1. The fraction of sp³-hybridized carbons (Fsp3) is 0.421. The Morgan fingerprint density at radius 2 is 2.08 bits per heavy atom. The van der Waals surface area contributed by atoms with Gasteiger partial charge >= 0.3 is 0 Å². The molecule has 26 heavy (non-hydrogen) atoms. The average molecular weight is 375 g/mol. The number of hydrogen-bond acceptors (Lipinski definition) is 4. The predicted molar refractivity (Wildman–Crippen MR) is 99.0 cm³/mol. The van der Waals surface area contributed by atoms with E-state index < -0.39 is 5.82 Å². The minimum atomic E-state index is -0.497. The van der Waals surface area contributed by atoms with Crippen molar-refractivity contribution in [1.82, 2.24) is 9.97 Å². The van der Waals surface area contributed by atoms with Gasteiger partial charge in [-0.15, -0.1) is 0 Å². The lowest BCUT2D eigenvalue weighted by Gasteiger charge is -2.33. The SMILES string of the molecule is O=C(Nc1ccc(F)c(Cl)c1)[C@H]1CCCN(c2cc(C3CC3)ncn2)C1. The van der Waals surface area contributed by atoms with Gasteiger partial charge in [-0.1, -0.05) is 11.6 Å². The molecule has 1 N–H and O–H groups in total. The molecule has 2 fully saturated rings. The summed E-state index contributed by atoms with van der Waals surface area (Å²) in [6.45, 7) is 1.50. The zero-order valence-electron chi connectivity index (χ0n) is 14.3. The molecule has 1 saturated heterocycles. The lowest BCUT2D eigenvalue weighted by Crippen LogP contribution is -2.41. The van der Waals surface area contributed by atoms with Crippen LogP contribution in [0.15, 0.2) is 30.6 Å². The molecule has 4 rings (SSSR count). The average Bonchev–Trinajstić information content (AvgIpc) is 3.50. The Labute approximate surface area is 156 Å². The maximum atomic E-state index is 13.3. The zero-order valence-corrected chi connectivity index (χ0v) is 15.0. The van der Waals surface area contributed by atoms with Gasteiger partial charge in [-0.3, -0.25) is 4.79 Å². The highest BCUT2D eigenvalue weighted by molar-refractivity contribution is 6.31. The van der Waals surface area contributed by atoms with Gasteiger partial charge in [0.1, 0.15) is 18.0 Å². The van der Waals surface area contributed by atoms with Crippen molar-refractivity contribution in [1.29, 1.82) is 0 Å². The number of aromatic nitrogens is 2. The van der Waals surface area contributed by atoms with E-state index in [2.05, 4.69) is 26.3 Å². The van der Waals surface area contributed by atoms with Gasteiger partial charge in [0, 0.05) is 36.5 Å². The smallest absolute Gasteiger partial charge is 0.229 e. The number of benzene rings is 1. The molecule has 2 aromatic rings. The predicted octanol–water partition coefficient (Wildman–Crippen LogP) is 4.00. The Balaban J connectivity index is 1.43. The summed E-state index contributed by atoms with van der Waals surface area (Å²) in [5.41, 5.74) is 1.61. The highest BCUT2D eigenvalue weighted by Gasteiger charge is 2.29. The van der Waals surface area contributed by atoms with E-state index in [0.29, 0.717) is 18.2 Å². The van der Waals surface area contributed by atoms with Crippen molar-refractivity contribution < 1.29 is 9.18 Å². The second-order valence-electron chi connectivity index (χ2n) is 6.98. The summed E-state index contributed by atoms with van der Waals surface area (Å²) >= 11 is 5.78. The van der Waals surface area contributed by atoms with Gasteiger partial charge in [-0.2, -0.15) is 0 Å². The first kappa shape index (κ1) is 17.2. The molecule has 1 atom stereocenters. The maximum Gasteiger partial charge on any atom is 0.229 e. The van der Waals surface area contributed by atoms with Crippen LogP contribution >= 0.6 is 11.6 Å². The molecule has 0 unspecified atom stereocenters. The first-order chi connectivity index (χ1) is 12.6. The van der Waals surface area contributed by atoms with Gasteiger partial charge in [0.2, 0.25) is 5.91 Å². The Morgan fingerprint density at radius 3 is 2.85 bits per heavy atom. The molecule has 1 aromatic carbocycles. The van der Waals surface area contributed by atoms with Crippen molar-refractivity contribution >= 4 is 29.0 Å². The monoisotopic (exact) mass is 374 g/mol. The van der Waals surface area contributed by atoms with Crippen molar-refractivity contribution in [3.63, 3.8) is 0 Å². The van der Waals surface area contributed by atoms with E-state index in [1.807, 2.05) is 0 Å². The van der Waals surface area contributed by atoms with E-state index in [1.54, 1.807) is 6.33 Å². The van der Waals surface area contributed by atoms with E-state index in [9.17, 15) is 9.18 Å². The Kier molecular flexibility index (Phi) is 4.76. The van der Waals surface area contributed by atoms with E-state index in [4.69, 9.17) is 11.6 Å². The van der Waals surface area contributed by atoms with E-state index in [-0.39, 0.29) is 16.8 Å². The topological polar surface area (TPSA) is 58.1 Å². The fourth-order valence-corrected chi connectivity index (χ4v) is 3.53. The van der Waals surface area contributed by atoms with Crippen molar-refractivity contribution in [3.8, 4) is 0 Å². The molecule has 1 aromatic heterocycles. The minimum Gasteiger partial charge on any atom is -0.356 e. The van der Waals surface area contributed by atoms with Gasteiger partial charge in [0.05, 0.1) is 10.9 Å². The van der Waals surface area contributed by atoms with Crippen LogP contribution in [0.5, 0.6) is 0 Å². The number of halogens is 2. The molecule has 0 radical (unpaired) electrons. The number of amides is 1. The molecule has 2 aliphatic rings. The number of carbonyl (C=O) groups excluding carboxylic acids is 1. The quantitative estimate of drug-likeness (QED) is 0.878. The van der Waals surface area contributed by atoms with Gasteiger partial charge in [-0.25, -0.2) is 14.4 Å². The largest absolute Gasteiger partial charge is 0.356 e. The summed E-state index contributed by atoms with van der Waals surface area (Å²) in [4.78, 5) is 23.5. The molecular formula is C19H20ClFN4O. The van der Waals surface area contributed by atoms with Gasteiger partial charge in [0.15, 0.2) is 0 Å². The molecule has 1 aliphatic heterocycles. The fourth-order valence-electron chi connectivity index (χ4n) is 3.35. The summed E-state index contributed by atoms with van der Waals surface area (Å²) in [5, 5.41) is 2.84. The van der Waals surface area contributed by atoms with Crippen LogP contribution in [0.4, 0.5) is 15.9 Å². The van der Waals surface area contributed by atoms with Crippen molar-refractivity contribution in [3.05, 3.63) is 47.1 Å². The number of nitrogens with zero attached hydrogens (tertiary/aromatic N) is 3. The first-order valence-electron chi connectivity index (χ1n) is 8.93. The second kappa shape index (κ2) is 7.19. The van der Waals surface area contributed by atoms with Crippen LogP contribution in [0.3, 0.4) is 0 Å². The molecule has 1 saturated carbocycles. The number of hydrogen-bond donors (Lipinski definition) is 1. The van der Waals surface area contributed by atoms with Crippen LogP contribution in [-0.2, 0) is 4.79 Å². The van der Waals surface area contributed by atoms with E-state index in [0.717, 1.165) is 30.9 Å². The second-order valence-corrected chi connectivity index (χ2v) is 7.39. The first-order valence-corrected chi connectivity index (χ1v) is 9.31. The van der Waals surface area contributed by atoms with Crippen LogP contribution in [0.2, 0.25) is 5.02 Å². The number of nitrogens with one attached hydrogen (secondary N) is 1. The standard InChI is InChI=1S/C19H20ClFN4O/c20-15-8-14(5-6-16(15)21)24-19(26)13-2-1-7-25(10-13)18-9-17(12-3-4-12)22-11-23-18/h5-6,8-9,11-13H,1-4,7,10H2,(H,24,26)/t13-/m0/s1. The normalized spacial score (nSPS) is 20.1. The van der Waals surface area contributed by atoms with Crippen LogP contribution < -0.4 is 10.2 Å². The van der Waals surface area contributed by atoms with Gasteiger partial charge in [-0.05, 0) is 43.9 Å². The van der Waals surface area contributed by atoms with Crippen LogP contribution in [0.25, 0.3) is 0 Å². The summed E-state index contributed by atoms with van der Waals surface area (Å²) in [6.07, 6.45) is 5.75. The number of rotatable bonds is 4. The Morgan fingerprint density at radius 1 is 1.23 bits per heavy atom. The van der Waals surface area contributed by atoms with Crippen LogP contribution in [-0.4, -0.2) is 29.0 Å². The van der Waals surface area contributed by atoms with Crippen molar-refractivity contribution in [2.24, 2.45) is 5.92 Å². The molecule has 136 valence electrons. The van der Waals surface area contributed by atoms with Crippen molar-refractivity contribution in [2.75, 3.05) is 23.3 Å². The van der Waals surface area contributed by atoms with Gasteiger partial charge in [0.25, 0.3) is 0 Å². The van der Waals surface area contributed by atoms with Crippen LogP contribution in [0, 0.1) is 11.7 Å². The van der Waals surface area contributed by atoms with Crippen LogP contribution in [0.1, 0.15) is 37.3 Å². The van der Waals surface area contributed by atoms with E-state index in [1.165, 1.54) is 31.0 Å². The highest BCUT2D eigenvalue weighted by Crippen LogP contribution is 2.39. The highest BCUT2D eigenvalue weighted by atomic mass is 35.5. The summed E-state index contributed by atoms with van der Waals surface area (Å²) in [7, 11) is 0. The molecule has 2 heterocycles.